The van der Waals surface area contributed by atoms with Gasteiger partial charge in [-0.1, -0.05) is 66.7 Å². The minimum Gasteiger partial charge on any atom is -0.282 e. The Kier molecular flexibility index (Phi) is 4.77. The molecule has 4 aromatic carbocycles. The van der Waals surface area contributed by atoms with Crippen LogP contribution in [0.25, 0.3) is 32.3 Å². The summed E-state index contributed by atoms with van der Waals surface area (Å²) in [6, 6.07) is 26.3. The highest BCUT2D eigenvalue weighted by molar-refractivity contribution is 7.86. The van der Waals surface area contributed by atoms with E-state index in [0.717, 1.165) is 26.9 Å². The summed E-state index contributed by atoms with van der Waals surface area (Å²) in [5.41, 5.74) is 0. The van der Waals surface area contributed by atoms with Crippen LogP contribution in [0.1, 0.15) is 0 Å². The van der Waals surface area contributed by atoms with Crippen LogP contribution in [-0.2, 0) is 10.1 Å². The van der Waals surface area contributed by atoms with E-state index in [9.17, 15) is 13.0 Å². The van der Waals surface area contributed by atoms with E-state index >= 15 is 0 Å². The number of hydrogen-bond acceptors (Lipinski definition) is 3. The van der Waals surface area contributed by atoms with Crippen molar-refractivity contribution in [3.05, 3.63) is 97.3 Å². The first-order chi connectivity index (χ1) is 13.6. The smallest absolute Gasteiger partial charge is 0.282 e. The Labute approximate surface area is 162 Å². The molecule has 0 bridgehead atoms. The molecule has 0 amide bonds. The van der Waals surface area contributed by atoms with Crippen molar-refractivity contribution in [3.63, 3.8) is 0 Å². The van der Waals surface area contributed by atoms with Crippen molar-refractivity contribution in [2.45, 2.75) is 4.90 Å². The lowest BCUT2D eigenvalue weighted by Gasteiger charge is -2.10. The number of aromatic nitrogens is 1. The summed E-state index contributed by atoms with van der Waals surface area (Å²) >= 11 is 0. The van der Waals surface area contributed by atoms with Gasteiger partial charge in [0.2, 0.25) is 0 Å². The topological polar surface area (TPSA) is 67.3 Å². The van der Waals surface area contributed by atoms with Crippen molar-refractivity contribution in [1.82, 2.24) is 4.98 Å². The maximum absolute atomic E-state index is 11.8. The van der Waals surface area contributed by atoms with Gasteiger partial charge in [-0.15, -0.1) is 0 Å². The maximum atomic E-state index is 11.8. The standard InChI is InChI=1S/C18H12O3S.C5H5N/c19-22(20,21)18-11-17-13-6-2-1-5-12(13)9-10-15(17)14-7-3-4-8-16(14)18;1-2-4-6-5-3-1/h1-11H,(H,19,20,21);1-5H. The molecule has 28 heavy (non-hydrogen) atoms. The molecule has 138 valence electrons. The minimum absolute atomic E-state index is 0.0491. The third kappa shape index (κ3) is 3.45. The van der Waals surface area contributed by atoms with Crippen LogP contribution >= 0.6 is 0 Å². The number of fused-ring (bicyclic) bond motifs is 5. The van der Waals surface area contributed by atoms with Gasteiger partial charge in [-0.25, -0.2) is 0 Å². The average molecular weight is 387 g/mol. The Morgan fingerprint density at radius 1 is 0.607 bits per heavy atom. The fourth-order valence-electron chi connectivity index (χ4n) is 3.35. The van der Waals surface area contributed by atoms with Crippen LogP contribution in [0.2, 0.25) is 0 Å². The van der Waals surface area contributed by atoms with Gasteiger partial charge in [-0.2, -0.15) is 8.42 Å². The molecular formula is C23H17NO3S. The van der Waals surface area contributed by atoms with E-state index in [1.54, 1.807) is 30.6 Å². The van der Waals surface area contributed by atoms with Crippen LogP contribution in [0.15, 0.2) is 102 Å². The molecule has 4 nitrogen and oxygen atoms in total. The summed E-state index contributed by atoms with van der Waals surface area (Å²) in [6.07, 6.45) is 3.50. The van der Waals surface area contributed by atoms with E-state index in [2.05, 4.69) is 4.98 Å². The Hall–Kier alpha value is -3.28. The number of hydrogen-bond donors (Lipinski definition) is 1. The monoisotopic (exact) mass is 387 g/mol. The molecule has 0 aliphatic carbocycles. The summed E-state index contributed by atoms with van der Waals surface area (Å²) in [5, 5.41) is 5.15. The van der Waals surface area contributed by atoms with Gasteiger partial charge in [-0.3, -0.25) is 9.54 Å². The lowest BCUT2D eigenvalue weighted by atomic mass is 9.97. The van der Waals surface area contributed by atoms with Crippen LogP contribution < -0.4 is 0 Å². The zero-order valence-electron chi connectivity index (χ0n) is 14.9. The molecule has 0 aliphatic rings. The van der Waals surface area contributed by atoms with E-state index in [-0.39, 0.29) is 4.90 Å². The first kappa shape index (κ1) is 18.1. The number of nitrogens with zero attached hydrogens (tertiary/aromatic N) is 1. The summed E-state index contributed by atoms with van der Waals surface area (Å²) < 4.78 is 33.2. The SMILES string of the molecule is O=S(=O)(O)c1cc2c3ccccc3ccc2c2ccccc12.c1ccncc1. The summed E-state index contributed by atoms with van der Waals surface area (Å²) in [6.45, 7) is 0. The van der Waals surface area contributed by atoms with E-state index in [1.165, 1.54) is 0 Å². The van der Waals surface area contributed by atoms with E-state index in [4.69, 9.17) is 0 Å². The van der Waals surface area contributed by atoms with Crippen molar-refractivity contribution >= 4 is 42.4 Å². The van der Waals surface area contributed by atoms with Crippen molar-refractivity contribution in [2.75, 3.05) is 0 Å². The van der Waals surface area contributed by atoms with Crippen molar-refractivity contribution in [2.24, 2.45) is 0 Å². The molecule has 0 saturated heterocycles. The number of pyridine rings is 1. The van der Waals surface area contributed by atoms with Gasteiger partial charge in [0.05, 0.1) is 0 Å². The van der Waals surface area contributed by atoms with Gasteiger partial charge in [0, 0.05) is 17.8 Å². The highest BCUT2D eigenvalue weighted by atomic mass is 32.2. The van der Waals surface area contributed by atoms with Gasteiger partial charge in [-0.05, 0) is 45.1 Å². The Bertz CT molecular complexity index is 1350. The molecule has 0 spiro atoms. The molecular weight excluding hydrogens is 370 g/mol. The summed E-state index contributed by atoms with van der Waals surface area (Å²) in [5.74, 6) is 0. The highest BCUT2D eigenvalue weighted by Gasteiger charge is 2.17. The predicted molar refractivity (Wildman–Crippen MR) is 113 cm³/mol. The van der Waals surface area contributed by atoms with Crippen LogP contribution in [-0.4, -0.2) is 18.0 Å². The number of rotatable bonds is 1. The maximum Gasteiger partial charge on any atom is 0.295 e. The zero-order valence-corrected chi connectivity index (χ0v) is 15.7. The lowest BCUT2D eigenvalue weighted by molar-refractivity contribution is 0.484. The van der Waals surface area contributed by atoms with Crippen molar-refractivity contribution in [1.29, 1.82) is 0 Å². The third-order valence-electron chi connectivity index (χ3n) is 4.57. The first-order valence-electron chi connectivity index (χ1n) is 8.71. The fraction of sp³-hybridized carbons (Fsp3) is 0. The molecule has 1 aromatic heterocycles. The molecule has 1 heterocycles. The minimum atomic E-state index is -4.29. The van der Waals surface area contributed by atoms with Crippen LogP contribution in [0, 0.1) is 0 Å². The van der Waals surface area contributed by atoms with Gasteiger partial charge >= 0.3 is 0 Å². The second-order valence-electron chi connectivity index (χ2n) is 6.30. The van der Waals surface area contributed by atoms with Gasteiger partial charge in [0.1, 0.15) is 4.90 Å². The quantitative estimate of drug-likeness (QED) is 0.306. The average Bonchev–Trinajstić information content (AvgIpc) is 2.74. The van der Waals surface area contributed by atoms with E-state index < -0.39 is 10.1 Å². The summed E-state index contributed by atoms with van der Waals surface area (Å²) in [4.78, 5) is 3.74. The predicted octanol–water partition coefficient (Wildman–Crippen LogP) is 5.47. The molecule has 5 rings (SSSR count). The first-order valence-corrected chi connectivity index (χ1v) is 10.2. The molecule has 0 atom stereocenters. The van der Waals surface area contributed by atoms with Gasteiger partial charge < -0.3 is 0 Å². The summed E-state index contributed by atoms with van der Waals surface area (Å²) in [7, 11) is -4.29. The molecule has 0 saturated carbocycles. The van der Waals surface area contributed by atoms with E-state index in [0.29, 0.717) is 5.39 Å². The molecule has 5 heteroatoms. The normalized spacial score (nSPS) is 11.3. The zero-order chi connectivity index (χ0) is 19.6. The van der Waals surface area contributed by atoms with Gasteiger partial charge in [0.15, 0.2) is 0 Å². The second kappa shape index (κ2) is 7.38. The Morgan fingerprint density at radius 3 is 1.82 bits per heavy atom. The van der Waals surface area contributed by atoms with E-state index in [1.807, 2.05) is 66.7 Å². The Balaban J connectivity index is 0.000000275. The van der Waals surface area contributed by atoms with Crippen LogP contribution in [0.3, 0.4) is 0 Å². The molecule has 0 radical (unpaired) electrons. The van der Waals surface area contributed by atoms with Gasteiger partial charge in [0.25, 0.3) is 10.1 Å². The molecule has 0 unspecified atom stereocenters. The third-order valence-corrected chi connectivity index (χ3v) is 5.47. The number of benzene rings is 4. The molecule has 0 aliphatic heterocycles. The van der Waals surface area contributed by atoms with Crippen LogP contribution in [0.5, 0.6) is 0 Å². The van der Waals surface area contributed by atoms with Crippen LogP contribution in [0.4, 0.5) is 0 Å². The lowest BCUT2D eigenvalue weighted by Crippen LogP contribution is -1.99. The largest absolute Gasteiger partial charge is 0.295 e. The molecule has 0 fully saturated rings. The molecule has 5 aromatic rings. The Morgan fingerprint density at radius 2 is 1.21 bits per heavy atom. The van der Waals surface area contributed by atoms with Crippen molar-refractivity contribution < 1.29 is 13.0 Å². The molecule has 1 N–H and O–H groups in total. The second-order valence-corrected chi connectivity index (χ2v) is 7.69. The highest BCUT2D eigenvalue weighted by Crippen LogP contribution is 2.35. The van der Waals surface area contributed by atoms with Crippen molar-refractivity contribution in [3.8, 4) is 0 Å². The fourth-order valence-corrected chi connectivity index (χ4v) is 4.08.